The van der Waals surface area contributed by atoms with Crippen LogP contribution in [-0.4, -0.2) is 31.8 Å². The van der Waals surface area contributed by atoms with Gasteiger partial charge in [-0.05, 0) is 37.5 Å². The first-order chi connectivity index (χ1) is 9.15. The minimum Gasteiger partial charge on any atom is -0.482 e. The number of hydrogen-bond donors (Lipinski definition) is 1. The van der Waals surface area contributed by atoms with Crippen molar-refractivity contribution in [3.8, 4) is 5.75 Å². The molecule has 1 amide bonds. The lowest BCUT2D eigenvalue weighted by Crippen LogP contribution is -2.41. The second-order valence-electron chi connectivity index (χ2n) is 4.68. The van der Waals surface area contributed by atoms with Crippen molar-refractivity contribution in [2.24, 2.45) is 0 Å². The Morgan fingerprint density at radius 1 is 1.47 bits per heavy atom. The van der Waals surface area contributed by atoms with Gasteiger partial charge in [0, 0.05) is 19.3 Å². The normalized spacial score (nSPS) is 16.1. The van der Waals surface area contributed by atoms with Crippen LogP contribution >= 0.6 is 11.6 Å². The van der Waals surface area contributed by atoms with E-state index < -0.39 is 0 Å². The molecule has 0 atom stereocenters. The van der Waals surface area contributed by atoms with Gasteiger partial charge in [-0.2, -0.15) is 0 Å². The largest absolute Gasteiger partial charge is 0.482 e. The van der Waals surface area contributed by atoms with Crippen molar-refractivity contribution in [2.75, 3.05) is 19.8 Å². The maximum absolute atomic E-state index is 11.7. The quantitative estimate of drug-likeness (QED) is 0.922. The van der Waals surface area contributed by atoms with Crippen LogP contribution in [0, 0.1) is 6.92 Å². The zero-order valence-corrected chi connectivity index (χ0v) is 11.7. The van der Waals surface area contributed by atoms with Gasteiger partial charge in [-0.1, -0.05) is 17.7 Å². The number of carbonyl (C=O) groups is 1. The lowest BCUT2D eigenvalue weighted by Gasteiger charge is -2.23. The standard InChI is InChI=1S/C14H18ClNO3/c1-10-2-3-13(12(15)8-10)19-9-14(17)16-11-4-6-18-7-5-11/h2-3,8,11H,4-7,9H2,1H3,(H,16,17). The molecule has 0 aromatic heterocycles. The first-order valence-electron chi connectivity index (χ1n) is 6.41. The number of benzene rings is 1. The van der Waals surface area contributed by atoms with Crippen LogP contribution in [0.25, 0.3) is 0 Å². The van der Waals surface area contributed by atoms with E-state index >= 15 is 0 Å². The number of halogens is 1. The number of aryl methyl sites for hydroxylation is 1. The summed E-state index contributed by atoms with van der Waals surface area (Å²) in [4.78, 5) is 11.7. The summed E-state index contributed by atoms with van der Waals surface area (Å²) in [5, 5.41) is 3.46. The molecule has 0 aliphatic carbocycles. The smallest absolute Gasteiger partial charge is 0.258 e. The Balaban J connectivity index is 1.79. The SMILES string of the molecule is Cc1ccc(OCC(=O)NC2CCOCC2)c(Cl)c1. The summed E-state index contributed by atoms with van der Waals surface area (Å²) >= 11 is 6.03. The van der Waals surface area contributed by atoms with Crippen molar-refractivity contribution in [2.45, 2.75) is 25.8 Å². The Hall–Kier alpha value is -1.26. The van der Waals surface area contributed by atoms with Gasteiger partial charge in [0.1, 0.15) is 5.75 Å². The van der Waals surface area contributed by atoms with Crippen LogP contribution in [0.4, 0.5) is 0 Å². The minimum absolute atomic E-state index is 0.0138. The molecule has 1 saturated heterocycles. The van der Waals surface area contributed by atoms with E-state index in [1.54, 1.807) is 6.07 Å². The Labute approximate surface area is 118 Å². The lowest BCUT2D eigenvalue weighted by molar-refractivity contribution is -0.124. The van der Waals surface area contributed by atoms with Crippen LogP contribution in [0.5, 0.6) is 5.75 Å². The fourth-order valence-corrected chi connectivity index (χ4v) is 2.27. The van der Waals surface area contributed by atoms with Gasteiger partial charge in [0.15, 0.2) is 6.61 Å². The number of rotatable bonds is 4. The molecular formula is C14H18ClNO3. The summed E-state index contributed by atoms with van der Waals surface area (Å²) in [6, 6.07) is 5.68. The fraction of sp³-hybridized carbons (Fsp3) is 0.500. The zero-order chi connectivity index (χ0) is 13.7. The van der Waals surface area contributed by atoms with Gasteiger partial charge in [0.2, 0.25) is 0 Å². The van der Waals surface area contributed by atoms with Crippen molar-refractivity contribution in [3.05, 3.63) is 28.8 Å². The summed E-state index contributed by atoms with van der Waals surface area (Å²) in [7, 11) is 0. The van der Waals surface area contributed by atoms with Crippen LogP contribution in [-0.2, 0) is 9.53 Å². The Bertz CT molecular complexity index is 444. The van der Waals surface area contributed by atoms with Crippen molar-refractivity contribution < 1.29 is 14.3 Å². The second-order valence-corrected chi connectivity index (χ2v) is 5.08. The third-order valence-corrected chi connectivity index (χ3v) is 3.33. The number of carbonyl (C=O) groups excluding carboxylic acids is 1. The average Bonchev–Trinajstić information content (AvgIpc) is 2.39. The summed E-state index contributed by atoms with van der Waals surface area (Å²) in [6.45, 7) is 3.35. The molecule has 0 spiro atoms. The summed E-state index contributed by atoms with van der Waals surface area (Å²) in [5.74, 6) is 0.415. The van der Waals surface area contributed by atoms with Crippen molar-refractivity contribution in [1.29, 1.82) is 0 Å². The lowest BCUT2D eigenvalue weighted by atomic mass is 10.1. The molecule has 0 unspecified atom stereocenters. The predicted octanol–water partition coefficient (Wildman–Crippen LogP) is 2.32. The topological polar surface area (TPSA) is 47.6 Å². The molecule has 5 heteroatoms. The first kappa shape index (κ1) is 14.2. The van der Waals surface area contributed by atoms with E-state index in [1.807, 2.05) is 19.1 Å². The molecule has 0 bridgehead atoms. The van der Waals surface area contributed by atoms with Gasteiger partial charge in [-0.25, -0.2) is 0 Å². The van der Waals surface area contributed by atoms with Gasteiger partial charge < -0.3 is 14.8 Å². The Morgan fingerprint density at radius 2 is 2.21 bits per heavy atom. The highest BCUT2D eigenvalue weighted by atomic mass is 35.5. The number of nitrogens with one attached hydrogen (secondary N) is 1. The molecule has 0 radical (unpaired) electrons. The third kappa shape index (κ3) is 4.40. The summed E-state index contributed by atoms with van der Waals surface area (Å²) in [6.07, 6.45) is 1.72. The maximum Gasteiger partial charge on any atom is 0.258 e. The predicted molar refractivity (Wildman–Crippen MR) is 73.7 cm³/mol. The molecule has 1 fully saturated rings. The van der Waals surface area contributed by atoms with Gasteiger partial charge in [-0.15, -0.1) is 0 Å². The molecule has 104 valence electrons. The first-order valence-corrected chi connectivity index (χ1v) is 6.79. The van der Waals surface area contributed by atoms with Crippen LogP contribution < -0.4 is 10.1 Å². The van der Waals surface area contributed by atoms with E-state index in [9.17, 15) is 4.79 Å². The van der Waals surface area contributed by atoms with E-state index in [2.05, 4.69) is 5.32 Å². The molecule has 1 aromatic rings. The van der Waals surface area contributed by atoms with E-state index in [0.29, 0.717) is 24.0 Å². The van der Waals surface area contributed by atoms with E-state index in [1.165, 1.54) is 0 Å². The fourth-order valence-electron chi connectivity index (χ4n) is 1.98. The molecule has 2 rings (SSSR count). The number of hydrogen-bond acceptors (Lipinski definition) is 3. The molecule has 1 aliphatic heterocycles. The molecule has 0 saturated carbocycles. The molecule has 19 heavy (non-hydrogen) atoms. The third-order valence-electron chi connectivity index (χ3n) is 3.03. The molecular weight excluding hydrogens is 266 g/mol. The number of amides is 1. The van der Waals surface area contributed by atoms with Crippen LogP contribution in [0.15, 0.2) is 18.2 Å². The molecule has 1 heterocycles. The monoisotopic (exact) mass is 283 g/mol. The number of ether oxygens (including phenoxy) is 2. The molecule has 4 nitrogen and oxygen atoms in total. The van der Waals surface area contributed by atoms with Gasteiger partial charge in [0.05, 0.1) is 5.02 Å². The van der Waals surface area contributed by atoms with Gasteiger partial charge >= 0.3 is 0 Å². The highest BCUT2D eigenvalue weighted by Gasteiger charge is 2.16. The van der Waals surface area contributed by atoms with Crippen molar-refractivity contribution in [3.63, 3.8) is 0 Å². The molecule has 1 N–H and O–H groups in total. The van der Waals surface area contributed by atoms with Crippen molar-refractivity contribution in [1.82, 2.24) is 5.32 Å². The van der Waals surface area contributed by atoms with Crippen molar-refractivity contribution >= 4 is 17.5 Å². The van der Waals surface area contributed by atoms with E-state index in [-0.39, 0.29) is 18.6 Å². The maximum atomic E-state index is 11.7. The van der Waals surface area contributed by atoms with Crippen LogP contribution in [0.1, 0.15) is 18.4 Å². The molecule has 1 aliphatic rings. The average molecular weight is 284 g/mol. The highest BCUT2D eigenvalue weighted by molar-refractivity contribution is 6.32. The van der Waals surface area contributed by atoms with Gasteiger partial charge in [-0.3, -0.25) is 4.79 Å². The zero-order valence-electron chi connectivity index (χ0n) is 10.9. The second kappa shape index (κ2) is 6.78. The minimum atomic E-state index is -0.122. The molecule has 1 aromatic carbocycles. The summed E-state index contributed by atoms with van der Waals surface area (Å²) in [5.41, 5.74) is 1.06. The van der Waals surface area contributed by atoms with Gasteiger partial charge in [0.25, 0.3) is 5.91 Å². The highest BCUT2D eigenvalue weighted by Crippen LogP contribution is 2.24. The Morgan fingerprint density at radius 3 is 2.89 bits per heavy atom. The van der Waals surface area contributed by atoms with Crippen LogP contribution in [0.3, 0.4) is 0 Å². The van der Waals surface area contributed by atoms with Crippen LogP contribution in [0.2, 0.25) is 5.02 Å². The van der Waals surface area contributed by atoms with E-state index in [4.69, 9.17) is 21.1 Å². The van der Waals surface area contributed by atoms with E-state index in [0.717, 1.165) is 18.4 Å². The summed E-state index contributed by atoms with van der Waals surface area (Å²) < 4.78 is 10.7. The Kier molecular flexibility index (Phi) is 5.05.